The van der Waals surface area contributed by atoms with E-state index in [2.05, 4.69) is 31.4 Å². The van der Waals surface area contributed by atoms with Crippen LogP contribution in [0.25, 0.3) is 0 Å². The molecule has 2 aromatic rings. The Hall–Kier alpha value is -1.60. The van der Waals surface area contributed by atoms with Gasteiger partial charge < -0.3 is 9.47 Å². The van der Waals surface area contributed by atoms with Gasteiger partial charge in [-0.25, -0.2) is 4.98 Å². The lowest BCUT2D eigenvalue weighted by atomic mass is 10.2. The van der Waals surface area contributed by atoms with Gasteiger partial charge in [0.1, 0.15) is 0 Å². The first kappa shape index (κ1) is 14.8. The maximum Gasteiger partial charge on any atom is 0.203 e. The van der Waals surface area contributed by atoms with E-state index in [-0.39, 0.29) is 0 Å². The lowest BCUT2D eigenvalue weighted by Gasteiger charge is -2.10. The minimum atomic E-state index is 0.647. The molecule has 5 nitrogen and oxygen atoms in total. The third kappa shape index (κ3) is 3.49. The van der Waals surface area contributed by atoms with Crippen molar-refractivity contribution in [1.82, 2.24) is 4.98 Å². The van der Waals surface area contributed by atoms with Gasteiger partial charge in [0.05, 0.1) is 30.6 Å². The maximum absolute atomic E-state index is 5.28. The Morgan fingerprint density at radius 2 is 2.15 bits per heavy atom. The number of hydrazone groups is 1. The summed E-state index contributed by atoms with van der Waals surface area (Å²) in [4.78, 5) is 4.26. The first-order chi connectivity index (χ1) is 9.63. The fourth-order valence-corrected chi connectivity index (χ4v) is 2.84. The van der Waals surface area contributed by atoms with Gasteiger partial charge in [-0.1, -0.05) is 0 Å². The second-order valence-corrected chi connectivity index (χ2v) is 5.61. The molecule has 20 heavy (non-hydrogen) atoms. The number of methoxy groups -OCH3 is 2. The highest BCUT2D eigenvalue weighted by Crippen LogP contribution is 2.35. The molecule has 0 amide bonds. The van der Waals surface area contributed by atoms with E-state index in [1.807, 2.05) is 24.4 Å². The Morgan fingerprint density at radius 1 is 1.35 bits per heavy atom. The molecule has 0 atom stereocenters. The van der Waals surface area contributed by atoms with Crippen LogP contribution in [-0.4, -0.2) is 25.4 Å². The number of aryl methyl sites for hydroxylation is 1. The van der Waals surface area contributed by atoms with Crippen LogP contribution in [0.4, 0.5) is 5.13 Å². The van der Waals surface area contributed by atoms with Crippen LogP contribution in [0.2, 0.25) is 0 Å². The first-order valence-corrected chi connectivity index (χ1v) is 7.44. The topological polar surface area (TPSA) is 55.7 Å². The quantitative estimate of drug-likeness (QED) is 0.656. The summed E-state index contributed by atoms with van der Waals surface area (Å²) in [6, 6.07) is 3.75. The van der Waals surface area contributed by atoms with Crippen molar-refractivity contribution in [3.05, 3.63) is 33.2 Å². The van der Waals surface area contributed by atoms with Crippen LogP contribution >= 0.6 is 27.3 Å². The molecule has 1 aromatic heterocycles. The average Bonchev–Trinajstić information content (AvgIpc) is 2.83. The molecule has 1 aromatic carbocycles. The van der Waals surface area contributed by atoms with Gasteiger partial charge in [-0.3, -0.25) is 5.43 Å². The average molecular weight is 356 g/mol. The molecule has 1 heterocycles. The summed E-state index contributed by atoms with van der Waals surface area (Å²) in [5, 5.41) is 6.88. The summed E-state index contributed by atoms with van der Waals surface area (Å²) in [6.45, 7) is 1.94. The van der Waals surface area contributed by atoms with E-state index in [0.717, 1.165) is 20.9 Å². The molecule has 106 valence electrons. The van der Waals surface area contributed by atoms with Crippen molar-refractivity contribution in [3.63, 3.8) is 0 Å². The number of ether oxygens (including phenoxy) is 2. The van der Waals surface area contributed by atoms with Gasteiger partial charge in [-0.2, -0.15) is 5.10 Å². The van der Waals surface area contributed by atoms with Crippen LogP contribution in [0.5, 0.6) is 11.5 Å². The van der Waals surface area contributed by atoms with Crippen molar-refractivity contribution >= 4 is 38.6 Å². The van der Waals surface area contributed by atoms with E-state index in [4.69, 9.17) is 9.47 Å². The summed E-state index contributed by atoms with van der Waals surface area (Å²) in [5.74, 6) is 1.31. The third-order valence-corrected chi connectivity index (χ3v) is 3.90. The van der Waals surface area contributed by atoms with Crippen molar-refractivity contribution in [2.24, 2.45) is 5.10 Å². The molecule has 0 aliphatic carbocycles. The fraction of sp³-hybridized carbons (Fsp3) is 0.231. The SMILES string of the molecule is COc1cc(/C=N/Nc2nc(C)cs2)cc(Br)c1OC. The summed E-state index contributed by atoms with van der Waals surface area (Å²) in [7, 11) is 3.20. The number of aromatic nitrogens is 1. The van der Waals surface area contributed by atoms with Gasteiger partial charge in [0, 0.05) is 5.38 Å². The molecule has 0 bridgehead atoms. The van der Waals surface area contributed by atoms with E-state index < -0.39 is 0 Å². The molecule has 1 N–H and O–H groups in total. The molecule has 0 fully saturated rings. The zero-order chi connectivity index (χ0) is 14.5. The number of benzene rings is 1. The van der Waals surface area contributed by atoms with E-state index in [1.165, 1.54) is 11.3 Å². The number of hydrogen-bond donors (Lipinski definition) is 1. The summed E-state index contributed by atoms with van der Waals surface area (Å²) in [5.41, 5.74) is 4.75. The Bertz CT molecular complexity index is 628. The largest absolute Gasteiger partial charge is 0.493 e. The second kappa shape index (κ2) is 6.71. The van der Waals surface area contributed by atoms with Crippen LogP contribution in [0.1, 0.15) is 11.3 Å². The lowest BCUT2D eigenvalue weighted by molar-refractivity contribution is 0.353. The smallest absolute Gasteiger partial charge is 0.203 e. The zero-order valence-corrected chi connectivity index (χ0v) is 13.7. The van der Waals surface area contributed by atoms with Gasteiger partial charge in [-0.05, 0) is 40.5 Å². The van der Waals surface area contributed by atoms with Crippen LogP contribution in [0, 0.1) is 6.92 Å². The molecule has 0 radical (unpaired) electrons. The zero-order valence-electron chi connectivity index (χ0n) is 11.3. The molecule has 0 unspecified atom stereocenters. The molecule has 2 rings (SSSR count). The van der Waals surface area contributed by atoms with Crippen LogP contribution in [0.3, 0.4) is 0 Å². The highest BCUT2D eigenvalue weighted by Gasteiger charge is 2.09. The van der Waals surface area contributed by atoms with Gasteiger partial charge >= 0.3 is 0 Å². The molecule has 0 spiro atoms. The number of nitrogens with one attached hydrogen (secondary N) is 1. The molecule has 0 aliphatic rings. The summed E-state index contributed by atoms with van der Waals surface area (Å²) in [6.07, 6.45) is 1.70. The van der Waals surface area contributed by atoms with Gasteiger partial charge in [0.2, 0.25) is 5.13 Å². The van der Waals surface area contributed by atoms with Gasteiger partial charge in [0.15, 0.2) is 11.5 Å². The van der Waals surface area contributed by atoms with Gasteiger partial charge in [-0.15, -0.1) is 11.3 Å². The minimum Gasteiger partial charge on any atom is -0.493 e. The molecule has 7 heteroatoms. The van der Waals surface area contributed by atoms with Crippen molar-refractivity contribution in [2.45, 2.75) is 6.92 Å². The van der Waals surface area contributed by atoms with E-state index in [0.29, 0.717) is 11.5 Å². The standard InChI is InChI=1S/C13H14BrN3O2S/c1-8-7-20-13(16-8)17-15-6-9-4-10(14)12(19-3)11(5-9)18-2/h4-7H,1-3H3,(H,16,17)/b15-6+. The molecule has 0 saturated carbocycles. The van der Waals surface area contributed by atoms with Crippen molar-refractivity contribution in [2.75, 3.05) is 19.6 Å². The highest BCUT2D eigenvalue weighted by atomic mass is 79.9. The van der Waals surface area contributed by atoms with Crippen LogP contribution < -0.4 is 14.9 Å². The normalized spacial score (nSPS) is 10.8. The van der Waals surface area contributed by atoms with E-state index in [9.17, 15) is 0 Å². The third-order valence-electron chi connectivity index (χ3n) is 2.45. The number of hydrogen-bond acceptors (Lipinski definition) is 6. The van der Waals surface area contributed by atoms with E-state index in [1.54, 1.807) is 20.4 Å². The Labute approximate surface area is 129 Å². The van der Waals surface area contributed by atoms with Crippen LogP contribution in [0.15, 0.2) is 27.1 Å². The Kier molecular flexibility index (Phi) is 4.97. The van der Waals surface area contributed by atoms with Crippen molar-refractivity contribution in [3.8, 4) is 11.5 Å². The van der Waals surface area contributed by atoms with Gasteiger partial charge in [0.25, 0.3) is 0 Å². The lowest BCUT2D eigenvalue weighted by Crippen LogP contribution is -1.95. The number of anilines is 1. The van der Waals surface area contributed by atoms with Crippen LogP contribution in [-0.2, 0) is 0 Å². The maximum atomic E-state index is 5.28. The Morgan fingerprint density at radius 3 is 2.75 bits per heavy atom. The number of halogens is 1. The van der Waals surface area contributed by atoms with Crippen molar-refractivity contribution in [1.29, 1.82) is 0 Å². The second-order valence-electron chi connectivity index (χ2n) is 3.90. The molecule has 0 aliphatic heterocycles. The number of nitrogens with zero attached hydrogens (tertiary/aromatic N) is 2. The predicted octanol–water partition coefficient (Wildman–Crippen LogP) is 3.68. The number of thiazole rings is 1. The Balaban J connectivity index is 2.15. The number of rotatable bonds is 5. The van der Waals surface area contributed by atoms with E-state index >= 15 is 0 Å². The first-order valence-electron chi connectivity index (χ1n) is 5.76. The predicted molar refractivity (Wildman–Crippen MR) is 85.3 cm³/mol. The molecule has 0 saturated heterocycles. The monoisotopic (exact) mass is 355 g/mol. The van der Waals surface area contributed by atoms with Crippen molar-refractivity contribution < 1.29 is 9.47 Å². The summed E-state index contributed by atoms with van der Waals surface area (Å²) < 4.78 is 11.3. The fourth-order valence-electron chi connectivity index (χ4n) is 1.58. The summed E-state index contributed by atoms with van der Waals surface area (Å²) >= 11 is 4.95. The molecular formula is C13H14BrN3O2S. The minimum absolute atomic E-state index is 0.647. The highest BCUT2D eigenvalue weighted by molar-refractivity contribution is 9.10. The molecular weight excluding hydrogens is 342 g/mol.